The second-order valence-corrected chi connectivity index (χ2v) is 4.65. The number of allylic oxidation sites excluding steroid dienone is 1. The summed E-state index contributed by atoms with van der Waals surface area (Å²) >= 11 is 0. The first-order valence-corrected chi connectivity index (χ1v) is 5.87. The minimum atomic E-state index is -0.406. The van der Waals surface area contributed by atoms with E-state index in [4.69, 9.17) is 0 Å². The van der Waals surface area contributed by atoms with E-state index in [1.165, 1.54) is 18.1 Å². The topological polar surface area (TPSA) is 24.9 Å². The van der Waals surface area contributed by atoms with Crippen LogP contribution in [0.4, 0.5) is 4.39 Å². The largest absolute Gasteiger partial charge is 0.313 e. The van der Waals surface area contributed by atoms with Crippen LogP contribution >= 0.6 is 0 Å². The molecule has 1 aliphatic carbocycles. The molecule has 1 aromatic rings. The Morgan fingerprint density at radius 1 is 1.38 bits per heavy atom. The molecule has 1 fully saturated rings. The minimum Gasteiger partial charge on any atom is -0.313 e. The smallest absolute Gasteiger partial charge is 0.212 e. The van der Waals surface area contributed by atoms with Crippen LogP contribution in [0.3, 0.4) is 0 Å². The molecule has 0 aromatic carbocycles. The van der Waals surface area contributed by atoms with E-state index in [0.29, 0.717) is 6.04 Å². The van der Waals surface area contributed by atoms with Gasteiger partial charge in [-0.25, -0.2) is 4.98 Å². The summed E-state index contributed by atoms with van der Waals surface area (Å²) < 4.78 is 12.7. The number of hydrogen-bond acceptors (Lipinski definition) is 2. The highest BCUT2D eigenvalue weighted by molar-refractivity contribution is 5.66. The van der Waals surface area contributed by atoms with Gasteiger partial charge in [-0.15, -0.1) is 0 Å². The normalized spacial score (nSPS) is 28.7. The summed E-state index contributed by atoms with van der Waals surface area (Å²) in [5.41, 5.74) is 2.37. The lowest BCUT2D eigenvalue weighted by atomic mass is 9.84. The Morgan fingerprint density at radius 3 is 3.12 bits per heavy atom. The van der Waals surface area contributed by atoms with Gasteiger partial charge in [0.1, 0.15) is 0 Å². The maximum atomic E-state index is 12.7. The van der Waals surface area contributed by atoms with E-state index in [2.05, 4.69) is 16.4 Å². The van der Waals surface area contributed by atoms with Crippen LogP contribution in [0.1, 0.15) is 24.8 Å². The Kier molecular flexibility index (Phi) is 2.48. The number of fused-ring (bicyclic) bond motifs is 1. The third-order valence-corrected chi connectivity index (χ3v) is 3.70. The monoisotopic (exact) mass is 218 g/mol. The number of rotatable bonds is 1. The summed E-state index contributed by atoms with van der Waals surface area (Å²) in [4.78, 5) is 3.71. The summed E-state index contributed by atoms with van der Waals surface area (Å²) in [7, 11) is 0. The molecule has 0 spiro atoms. The zero-order valence-corrected chi connectivity index (χ0v) is 9.12. The molecule has 0 saturated carbocycles. The molecule has 0 radical (unpaired) electrons. The third kappa shape index (κ3) is 1.76. The molecular formula is C13H15FN2. The van der Waals surface area contributed by atoms with Gasteiger partial charge in [0.05, 0.1) is 0 Å². The fourth-order valence-corrected chi connectivity index (χ4v) is 2.76. The van der Waals surface area contributed by atoms with Crippen LogP contribution in [0.15, 0.2) is 24.4 Å². The molecule has 3 rings (SSSR count). The van der Waals surface area contributed by atoms with Gasteiger partial charge in [-0.3, -0.25) is 0 Å². The second kappa shape index (κ2) is 3.98. The van der Waals surface area contributed by atoms with Crippen LogP contribution in [0.25, 0.3) is 5.57 Å². The number of pyridine rings is 1. The van der Waals surface area contributed by atoms with Crippen molar-refractivity contribution >= 4 is 5.57 Å². The van der Waals surface area contributed by atoms with Crippen molar-refractivity contribution in [3.8, 4) is 0 Å². The van der Waals surface area contributed by atoms with Crippen molar-refractivity contribution < 1.29 is 4.39 Å². The third-order valence-electron chi connectivity index (χ3n) is 3.70. The maximum Gasteiger partial charge on any atom is 0.212 e. The van der Waals surface area contributed by atoms with Gasteiger partial charge in [-0.2, -0.15) is 4.39 Å². The zero-order valence-electron chi connectivity index (χ0n) is 9.12. The molecule has 3 heteroatoms. The molecule has 2 heterocycles. The number of nitrogens with zero attached hydrogens (tertiary/aromatic N) is 1. The van der Waals surface area contributed by atoms with Gasteiger partial charge >= 0.3 is 0 Å². The van der Waals surface area contributed by atoms with Gasteiger partial charge in [0.15, 0.2) is 0 Å². The van der Waals surface area contributed by atoms with Crippen molar-refractivity contribution in [3.63, 3.8) is 0 Å². The zero-order chi connectivity index (χ0) is 11.0. The molecule has 0 amide bonds. The number of aromatic nitrogens is 1. The average Bonchev–Trinajstić information content (AvgIpc) is 2.77. The van der Waals surface area contributed by atoms with Crippen LogP contribution in [-0.2, 0) is 0 Å². The van der Waals surface area contributed by atoms with Gasteiger partial charge in [-0.1, -0.05) is 6.08 Å². The quantitative estimate of drug-likeness (QED) is 0.732. The van der Waals surface area contributed by atoms with E-state index in [1.54, 1.807) is 6.20 Å². The second-order valence-electron chi connectivity index (χ2n) is 4.65. The van der Waals surface area contributed by atoms with Crippen LogP contribution in [-0.4, -0.2) is 17.6 Å². The van der Waals surface area contributed by atoms with E-state index in [-0.39, 0.29) is 0 Å². The van der Waals surface area contributed by atoms with E-state index in [1.807, 2.05) is 6.07 Å². The Morgan fingerprint density at radius 2 is 2.31 bits per heavy atom. The van der Waals surface area contributed by atoms with Crippen molar-refractivity contribution in [1.29, 1.82) is 0 Å². The molecular weight excluding hydrogens is 203 g/mol. The van der Waals surface area contributed by atoms with Crippen molar-refractivity contribution in [2.75, 3.05) is 6.54 Å². The van der Waals surface area contributed by atoms with E-state index >= 15 is 0 Å². The molecule has 0 unspecified atom stereocenters. The van der Waals surface area contributed by atoms with Crippen molar-refractivity contribution in [2.24, 2.45) is 5.92 Å². The highest BCUT2D eigenvalue weighted by Crippen LogP contribution is 2.34. The highest BCUT2D eigenvalue weighted by atomic mass is 19.1. The van der Waals surface area contributed by atoms with Crippen LogP contribution < -0.4 is 5.32 Å². The predicted molar refractivity (Wildman–Crippen MR) is 61.3 cm³/mol. The fourth-order valence-electron chi connectivity index (χ4n) is 2.76. The van der Waals surface area contributed by atoms with Crippen LogP contribution in [0.2, 0.25) is 0 Å². The van der Waals surface area contributed by atoms with E-state index in [9.17, 15) is 4.39 Å². The summed E-state index contributed by atoms with van der Waals surface area (Å²) in [6.07, 6.45) is 7.41. The Labute approximate surface area is 94.6 Å². The molecule has 1 aliphatic heterocycles. The molecule has 2 aliphatic rings. The molecule has 0 bridgehead atoms. The van der Waals surface area contributed by atoms with Crippen molar-refractivity contribution in [1.82, 2.24) is 10.3 Å². The SMILES string of the molecule is Fc1ccc(C2=CC[C@@H]3CCN[C@@H]3C2)cn1. The first-order chi connectivity index (χ1) is 7.83. The van der Waals surface area contributed by atoms with Gasteiger partial charge in [-0.05, 0) is 55.0 Å². The summed E-state index contributed by atoms with van der Waals surface area (Å²) in [6, 6.07) is 3.87. The standard InChI is InChI=1S/C13H15FN2/c14-13-4-3-11(8-16-13)10-2-1-9-5-6-15-12(9)7-10/h2-4,8-9,12,15H,1,5-7H2/t9-,12-/m1/s1. The molecule has 1 saturated heterocycles. The van der Waals surface area contributed by atoms with Gasteiger partial charge in [0.25, 0.3) is 0 Å². The lowest BCUT2D eigenvalue weighted by Gasteiger charge is -2.25. The minimum absolute atomic E-state index is 0.406. The molecule has 2 nitrogen and oxygen atoms in total. The summed E-state index contributed by atoms with van der Waals surface area (Å²) in [5, 5.41) is 3.53. The molecule has 84 valence electrons. The maximum absolute atomic E-state index is 12.7. The first-order valence-electron chi connectivity index (χ1n) is 5.87. The number of hydrogen-bond donors (Lipinski definition) is 1. The predicted octanol–water partition coefficient (Wildman–Crippen LogP) is 2.38. The van der Waals surface area contributed by atoms with Gasteiger partial charge in [0, 0.05) is 12.2 Å². The molecule has 16 heavy (non-hydrogen) atoms. The van der Waals surface area contributed by atoms with E-state index in [0.717, 1.165) is 30.9 Å². The molecule has 2 atom stereocenters. The lowest BCUT2D eigenvalue weighted by molar-refractivity contribution is 0.445. The van der Waals surface area contributed by atoms with Crippen molar-refractivity contribution in [2.45, 2.75) is 25.3 Å². The Balaban J connectivity index is 1.83. The summed E-state index contributed by atoms with van der Waals surface area (Å²) in [5.74, 6) is 0.397. The summed E-state index contributed by atoms with van der Waals surface area (Å²) in [6.45, 7) is 1.14. The Bertz CT molecular complexity index is 410. The van der Waals surface area contributed by atoms with Gasteiger partial charge < -0.3 is 5.32 Å². The first kappa shape index (κ1) is 9.97. The van der Waals surface area contributed by atoms with Crippen LogP contribution in [0.5, 0.6) is 0 Å². The van der Waals surface area contributed by atoms with Gasteiger partial charge in [0.2, 0.25) is 5.95 Å². The average molecular weight is 218 g/mol. The fraction of sp³-hybridized carbons (Fsp3) is 0.462. The van der Waals surface area contributed by atoms with Crippen molar-refractivity contribution in [3.05, 3.63) is 35.9 Å². The Hall–Kier alpha value is -1.22. The molecule has 1 aromatic heterocycles. The lowest BCUT2D eigenvalue weighted by Crippen LogP contribution is -2.29. The molecule has 1 N–H and O–H groups in total. The van der Waals surface area contributed by atoms with Crippen LogP contribution in [0, 0.1) is 11.9 Å². The number of nitrogens with one attached hydrogen (secondary N) is 1. The van der Waals surface area contributed by atoms with E-state index < -0.39 is 5.95 Å². The number of halogens is 1. The highest BCUT2D eigenvalue weighted by Gasteiger charge is 2.29.